The Bertz CT molecular complexity index is 228. The third-order valence-electron chi connectivity index (χ3n) is 3.48. The fraction of sp³-hybridized carbons (Fsp3) is 0.923. The Labute approximate surface area is 99.1 Å². The molecule has 1 aliphatic rings. The molecule has 0 amide bonds. The number of carbonyl (C=O) groups excluding carboxylic acids is 1. The first kappa shape index (κ1) is 13.7. The molecule has 2 atom stereocenters. The molecule has 0 aromatic heterocycles. The predicted molar refractivity (Wildman–Crippen MR) is 65.5 cm³/mol. The summed E-state index contributed by atoms with van der Waals surface area (Å²) < 4.78 is 5.62. The quantitative estimate of drug-likeness (QED) is 0.651. The van der Waals surface area contributed by atoms with E-state index in [-0.39, 0.29) is 5.78 Å². The van der Waals surface area contributed by atoms with Gasteiger partial charge in [-0.3, -0.25) is 9.69 Å². The Balaban J connectivity index is 2.30. The molecule has 0 bridgehead atoms. The smallest absolute Gasteiger partial charge is 0.132 e. The van der Waals surface area contributed by atoms with Crippen molar-refractivity contribution in [3.8, 4) is 0 Å². The van der Waals surface area contributed by atoms with Gasteiger partial charge in [0.25, 0.3) is 0 Å². The van der Waals surface area contributed by atoms with Crippen molar-refractivity contribution in [1.29, 1.82) is 0 Å². The number of rotatable bonds is 6. The summed E-state index contributed by atoms with van der Waals surface area (Å²) in [6.45, 7) is 10.9. The van der Waals surface area contributed by atoms with E-state index >= 15 is 0 Å². The van der Waals surface area contributed by atoms with Gasteiger partial charge in [0.1, 0.15) is 5.78 Å². The SMILES string of the molecule is CC(=O)CCOC[C@@H]1[C@@H](C)CCN1C(C)C. The second-order valence-corrected chi connectivity index (χ2v) is 5.19. The Hall–Kier alpha value is -0.410. The molecule has 1 saturated heterocycles. The van der Waals surface area contributed by atoms with E-state index < -0.39 is 0 Å². The van der Waals surface area contributed by atoms with E-state index in [1.165, 1.54) is 13.0 Å². The fourth-order valence-corrected chi connectivity index (χ4v) is 2.36. The van der Waals surface area contributed by atoms with Gasteiger partial charge in [0, 0.05) is 18.5 Å². The summed E-state index contributed by atoms with van der Waals surface area (Å²) in [6.07, 6.45) is 1.81. The average Bonchev–Trinajstić information content (AvgIpc) is 2.54. The zero-order chi connectivity index (χ0) is 12.1. The van der Waals surface area contributed by atoms with Crippen molar-refractivity contribution >= 4 is 5.78 Å². The summed E-state index contributed by atoms with van der Waals surface area (Å²) in [5, 5.41) is 0. The Morgan fingerprint density at radius 2 is 2.19 bits per heavy atom. The highest BCUT2D eigenvalue weighted by molar-refractivity contribution is 5.75. The largest absolute Gasteiger partial charge is 0.379 e. The third-order valence-corrected chi connectivity index (χ3v) is 3.48. The minimum absolute atomic E-state index is 0.209. The highest BCUT2D eigenvalue weighted by atomic mass is 16.5. The van der Waals surface area contributed by atoms with Gasteiger partial charge in [-0.1, -0.05) is 6.92 Å². The maximum atomic E-state index is 10.8. The molecule has 3 heteroatoms. The van der Waals surface area contributed by atoms with Crippen LogP contribution in [0.15, 0.2) is 0 Å². The van der Waals surface area contributed by atoms with E-state index in [0.717, 1.165) is 6.61 Å². The Kier molecular flexibility index (Phi) is 5.42. The highest BCUT2D eigenvalue weighted by Crippen LogP contribution is 2.25. The molecular weight excluding hydrogens is 202 g/mol. The zero-order valence-electron chi connectivity index (χ0n) is 11.0. The van der Waals surface area contributed by atoms with Crippen molar-refractivity contribution in [3.63, 3.8) is 0 Å². The Morgan fingerprint density at radius 1 is 1.50 bits per heavy atom. The molecule has 1 fully saturated rings. The molecule has 0 N–H and O–H groups in total. The predicted octanol–water partition coefficient (Wildman–Crippen LogP) is 2.10. The summed E-state index contributed by atoms with van der Waals surface area (Å²) in [5.41, 5.74) is 0. The van der Waals surface area contributed by atoms with Gasteiger partial charge in [0.15, 0.2) is 0 Å². The van der Waals surface area contributed by atoms with Gasteiger partial charge in [0.2, 0.25) is 0 Å². The van der Waals surface area contributed by atoms with Crippen LogP contribution in [-0.2, 0) is 9.53 Å². The molecule has 0 spiro atoms. The number of hydrogen-bond donors (Lipinski definition) is 0. The molecule has 1 aliphatic heterocycles. The number of Topliss-reactive ketones (excluding diaryl/α,β-unsaturated/α-hetero) is 1. The van der Waals surface area contributed by atoms with E-state index in [9.17, 15) is 4.79 Å². The molecule has 1 heterocycles. The van der Waals surface area contributed by atoms with Crippen LogP contribution in [0.25, 0.3) is 0 Å². The Morgan fingerprint density at radius 3 is 2.75 bits per heavy atom. The van der Waals surface area contributed by atoms with Crippen LogP contribution >= 0.6 is 0 Å². The lowest BCUT2D eigenvalue weighted by Crippen LogP contribution is -2.40. The number of ketones is 1. The molecule has 1 rings (SSSR count). The number of likely N-dealkylation sites (tertiary alicyclic amines) is 1. The van der Waals surface area contributed by atoms with Gasteiger partial charge in [-0.2, -0.15) is 0 Å². The second-order valence-electron chi connectivity index (χ2n) is 5.19. The summed E-state index contributed by atoms with van der Waals surface area (Å²) in [6, 6.07) is 1.12. The average molecular weight is 227 g/mol. The van der Waals surface area contributed by atoms with Crippen molar-refractivity contribution in [2.45, 2.75) is 52.6 Å². The lowest BCUT2D eigenvalue weighted by molar-refractivity contribution is -0.118. The number of nitrogens with zero attached hydrogens (tertiary/aromatic N) is 1. The third kappa shape index (κ3) is 3.87. The van der Waals surface area contributed by atoms with Crippen LogP contribution in [0.4, 0.5) is 0 Å². The number of hydrogen-bond acceptors (Lipinski definition) is 3. The molecular formula is C13H25NO2. The van der Waals surface area contributed by atoms with Gasteiger partial charge < -0.3 is 4.74 Å². The van der Waals surface area contributed by atoms with E-state index in [1.807, 2.05) is 0 Å². The fourth-order valence-electron chi connectivity index (χ4n) is 2.36. The first-order valence-corrected chi connectivity index (χ1v) is 6.35. The summed E-state index contributed by atoms with van der Waals surface area (Å²) in [5.74, 6) is 0.917. The molecule has 94 valence electrons. The molecule has 0 aliphatic carbocycles. The van der Waals surface area contributed by atoms with Gasteiger partial charge in [-0.05, 0) is 39.7 Å². The minimum atomic E-state index is 0.209. The van der Waals surface area contributed by atoms with E-state index in [1.54, 1.807) is 6.92 Å². The number of ether oxygens (including phenoxy) is 1. The van der Waals surface area contributed by atoms with E-state index in [2.05, 4.69) is 25.7 Å². The zero-order valence-corrected chi connectivity index (χ0v) is 11.0. The van der Waals surface area contributed by atoms with Gasteiger partial charge in [-0.15, -0.1) is 0 Å². The van der Waals surface area contributed by atoms with Crippen LogP contribution in [0.5, 0.6) is 0 Å². The molecule has 0 saturated carbocycles. The van der Waals surface area contributed by atoms with Crippen LogP contribution in [0.3, 0.4) is 0 Å². The molecule has 3 nitrogen and oxygen atoms in total. The minimum Gasteiger partial charge on any atom is -0.379 e. The standard InChI is InChI=1S/C13H25NO2/c1-10(2)14-7-5-11(3)13(14)9-16-8-6-12(4)15/h10-11,13H,5-9H2,1-4H3/t11-,13+/m0/s1. The molecule has 0 aromatic rings. The summed E-state index contributed by atoms with van der Waals surface area (Å²) in [7, 11) is 0. The van der Waals surface area contributed by atoms with Crippen molar-refractivity contribution < 1.29 is 9.53 Å². The van der Waals surface area contributed by atoms with Gasteiger partial charge in [-0.25, -0.2) is 0 Å². The van der Waals surface area contributed by atoms with E-state index in [4.69, 9.17) is 4.74 Å². The van der Waals surface area contributed by atoms with Crippen molar-refractivity contribution in [2.75, 3.05) is 19.8 Å². The maximum absolute atomic E-state index is 10.8. The van der Waals surface area contributed by atoms with Crippen molar-refractivity contribution in [3.05, 3.63) is 0 Å². The summed E-state index contributed by atoms with van der Waals surface area (Å²) in [4.78, 5) is 13.3. The topological polar surface area (TPSA) is 29.5 Å². The monoisotopic (exact) mass is 227 g/mol. The lowest BCUT2D eigenvalue weighted by Gasteiger charge is -2.30. The van der Waals surface area contributed by atoms with Crippen LogP contribution in [0.1, 0.15) is 40.5 Å². The van der Waals surface area contributed by atoms with Crippen molar-refractivity contribution in [1.82, 2.24) is 4.90 Å². The normalized spacial score (nSPS) is 26.6. The van der Waals surface area contributed by atoms with Gasteiger partial charge >= 0.3 is 0 Å². The molecule has 0 unspecified atom stereocenters. The van der Waals surface area contributed by atoms with Crippen molar-refractivity contribution in [2.24, 2.45) is 5.92 Å². The molecule has 16 heavy (non-hydrogen) atoms. The van der Waals surface area contributed by atoms with Crippen LogP contribution in [0.2, 0.25) is 0 Å². The summed E-state index contributed by atoms with van der Waals surface area (Å²) >= 11 is 0. The van der Waals surface area contributed by atoms with E-state index in [0.29, 0.717) is 31.0 Å². The van der Waals surface area contributed by atoms with Crippen LogP contribution in [-0.4, -0.2) is 42.5 Å². The van der Waals surface area contributed by atoms with Crippen LogP contribution in [0, 0.1) is 5.92 Å². The first-order chi connectivity index (χ1) is 7.52. The first-order valence-electron chi connectivity index (χ1n) is 6.35. The molecule has 0 radical (unpaired) electrons. The second kappa shape index (κ2) is 6.36. The number of carbonyl (C=O) groups is 1. The maximum Gasteiger partial charge on any atom is 0.132 e. The highest BCUT2D eigenvalue weighted by Gasteiger charge is 2.32. The lowest BCUT2D eigenvalue weighted by atomic mass is 10.0. The van der Waals surface area contributed by atoms with Gasteiger partial charge in [0.05, 0.1) is 13.2 Å². The molecule has 0 aromatic carbocycles. The van der Waals surface area contributed by atoms with Crippen LogP contribution < -0.4 is 0 Å².